The molecule has 2 aliphatic rings. The van der Waals surface area contributed by atoms with Crippen molar-refractivity contribution in [1.82, 2.24) is 4.90 Å². The lowest BCUT2D eigenvalue weighted by Gasteiger charge is -2.42. The van der Waals surface area contributed by atoms with Crippen molar-refractivity contribution in [3.63, 3.8) is 0 Å². The van der Waals surface area contributed by atoms with E-state index in [4.69, 9.17) is 9.47 Å². The zero-order valence-electron chi connectivity index (χ0n) is 13.1. The Bertz CT molecular complexity index is 420. The van der Waals surface area contributed by atoms with Crippen LogP contribution in [0.1, 0.15) is 31.2 Å². The minimum Gasteiger partial charge on any atom is -0.381 e. The number of likely N-dealkylation sites (tertiary alicyclic amines) is 1. The number of ether oxygens (including phenoxy) is 2. The van der Waals surface area contributed by atoms with Crippen LogP contribution in [0.25, 0.3) is 0 Å². The van der Waals surface area contributed by atoms with Crippen molar-refractivity contribution in [3.8, 4) is 0 Å². The lowest BCUT2D eigenvalue weighted by Crippen LogP contribution is -2.45. The second-order valence-corrected chi connectivity index (χ2v) is 6.42. The van der Waals surface area contributed by atoms with Gasteiger partial charge >= 0.3 is 0 Å². The number of benzene rings is 1. The Labute approximate surface area is 128 Å². The van der Waals surface area contributed by atoms with Gasteiger partial charge in [-0.1, -0.05) is 30.3 Å². The summed E-state index contributed by atoms with van der Waals surface area (Å²) < 4.78 is 11.4. The van der Waals surface area contributed by atoms with E-state index in [2.05, 4.69) is 35.2 Å². The molecule has 0 atom stereocenters. The van der Waals surface area contributed by atoms with Gasteiger partial charge in [0.2, 0.25) is 0 Å². The molecule has 0 bridgehead atoms. The Morgan fingerprint density at radius 3 is 2.43 bits per heavy atom. The Morgan fingerprint density at radius 2 is 1.81 bits per heavy atom. The second-order valence-electron chi connectivity index (χ2n) is 6.42. The fourth-order valence-electron chi connectivity index (χ4n) is 3.74. The van der Waals surface area contributed by atoms with Crippen molar-refractivity contribution in [3.05, 3.63) is 35.9 Å². The summed E-state index contributed by atoms with van der Waals surface area (Å²) in [5, 5.41) is 0. The van der Waals surface area contributed by atoms with Crippen molar-refractivity contribution in [2.24, 2.45) is 5.92 Å². The lowest BCUT2D eigenvalue weighted by atomic mass is 9.83. The maximum atomic E-state index is 5.96. The molecule has 0 amide bonds. The summed E-state index contributed by atoms with van der Waals surface area (Å²) in [6.45, 7) is 5.41. The molecule has 3 rings (SSSR count). The van der Waals surface area contributed by atoms with E-state index in [9.17, 15) is 0 Å². The first-order valence-electron chi connectivity index (χ1n) is 8.23. The minimum atomic E-state index is -0.0760. The quantitative estimate of drug-likeness (QED) is 0.850. The van der Waals surface area contributed by atoms with Crippen LogP contribution in [0.3, 0.4) is 0 Å². The molecule has 0 unspecified atom stereocenters. The van der Waals surface area contributed by atoms with Crippen molar-refractivity contribution < 1.29 is 9.47 Å². The van der Waals surface area contributed by atoms with Crippen LogP contribution in [0.15, 0.2) is 30.3 Å². The molecule has 3 heteroatoms. The molecule has 0 aromatic heterocycles. The van der Waals surface area contributed by atoms with Crippen LogP contribution in [0.4, 0.5) is 0 Å². The van der Waals surface area contributed by atoms with Crippen molar-refractivity contribution in [2.45, 2.75) is 31.3 Å². The fraction of sp³-hybridized carbons (Fsp3) is 0.667. The molecule has 2 saturated heterocycles. The summed E-state index contributed by atoms with van der Waals surface area (Å²) >= 11 is 0. The monoisotopic (exact) mass is 289 g/mol. The first-order chi connectivity index (χ1) is 10.3. The SMILES string of the molecule is COC1(c2ccccc2)CCN(CC2CCOCC2)CC1. The molecule has 21 heavy (non-hydrogen) atoms. The van der Waals surface area contributed by atoms with Gasteiger partial charge in [0.15, 0.2) is 0 Å². The van der Waals surface area contributed by atoms with Gasteiger partial charge in [0.1, 0.15) is 0 Å². The highest BCUT2D eigenvalue weighted by Crippen LogP contribution is 2.36. The Balaban J connectivity index is 1.58. The third-order valence-electron chi connectivity index (χ3n) is 5.21. The standard InChI is InChI=1S/C18H27NO2/c1-20-18(17-5-3-2-4-6-17)9-11-19(12-10-18)15-16-7-13-21-14-8-16/h2-6,16H,7-15H2,1H3. The van der Waals surface area contributed by atoms with E-state index in [0.717, 1.165) is 45.1 Å². The third kappa shape index (κ3) is 3.47. The van der Waals surface area contributed by atoms with Crippen LogP contribution in [0.2, 0.25) is 0 Å². The molecule has 2 heterocycles. The summed E-state index contributed by atoms with van der Waals surface area (Å²) in [6, 6.07) is 10.7. The van der Waals surface area contributed by atoms with E-state index in [1.54, 1.807) is 0 Å². The number of piperidine rings is 1. The smallest absolute Gasteiger partial charge is 0.0951 e. The van der Waals surface area contributed by atoms with Crippen LogP contribution in [-0.2, 0) is 15.1 Å². The van der Waals surface area contributed by atoms with E-state index >= 15 is 0 Å². The number of methoxy groups -OCH3 is 1. The van der Waals surface area contributed by atoms with Gasteiger partial charge < -0.3 is 14.4 Å². The van der Waals surface area contributed by atoms with E-state index in [0.29, 0.717) is 0 Å². The van der Waals surface area contributed by atoms with E-state index in [1.807, 2.05) is 7.11 Å². The molecule has 0 aliphatic carbocycles. The van der Waals surface area contributed by atoms with Gasteiger partial charge in [0.25, 0.3) is 0 Å². The molecule has 2 aliphatic heterocycles. The largest absolute Gasteiger partial charge is 0.381 e. The minimum absolute atomic E-state index is 0.0760. The molecule has 1 aromatic carbocycles. The van der Waals surface area contributed by atoms with Crippen LogP contribution in [0, 0.1) is 5.92 Å². The van der Waals surface area contributed by atoms with Crippen LogP contribution < -0.4 is 0 Å². The molecule has 3 nitrogen and oxygen atoms in total. The van der Waals surface area contributed by atoms with Crippen molar-refractivity contribution >= 4 is 0 Å². The van der Waals surface area contributed by atoms with Crippen LogP contribution in [-0.4, -0.2) is 44.9 Å². The van der Waals surface area contributed by atoms with Crippen LogP contribution >= 0.6 is 0 Å². The Morgan fingerprint density at radius 1 is 1.14 bits per heavy atom. The molecule has 0 spiro atoms. The number of nitrogens with zero attached hydrogens (tertiary/aromatic N) is 1. The molecular weight excluding hydrogens is 262 g/mol. The molecule has 0 saturated carbocycles. The molecule has 2 fully saturated rings. The summed E-state index contributed by atoms with van der Waals surface area (Å²) in [5.41, 5.74) is 1.26. The van der Waals surface area contributed by atoms with Gasteiger partial charge in [0, 0.05) is 40.0 Å². The molecule has 0 N–H and O–H groups in total. The normalized spacial score (nSPS) is 24.0. The number of hydrogen-bond donors (Lipinski definition) is 0. The van der Waals surface area contributed by atoms with Crippen molar-refractivity contribution in [1.29, 1.82) is 0 Å². The van der Waals surface area contributed by atoms with E-state index in [-0.39, 0.29) is 5.60 Å². The van der Waals surface area contributed by atoms with Gasteiger partial charge in [-0.05, 0) is 37.2 Å². The Kier molecular flexibility index (Phi) is 4.94. The van der Waals surface area contributed by atoms with E-state index in [1.165, 1.54) is 24.9 Å². The maximum absolute atomic E-state index is 5.96. The van der Waals surface area contributed by atoms with Gasteiger partial charge in [0.05, 0.1) is 5.60 Å². The zero-order chi connectivity index (χ0) is 14.5. The predicted molar refractivity (Wildman–Crippen MR) is 84.3 cm³/mol. The van der Waals surface area contributed by atoms with Crippen LogP contribution in [0.5, 0.6) is 0 Å². The highest BCUT2D eigenvalue weighted by Gasteiger charge is 2.36. The lowest BCUT2D eigenvalue weighted by molar-refractivity contribution is -0.0666. The summed E-state index contributed by atoms with van der Waals surface area (Å²) in [7, 11) is 1.86. The van der Waals surface area contributed by atoms with Gasteiger partial charge in [-0.15, -0.1) is 0 Å². The summed E-state index contributed by atoms with van der Waals surface area (Å²) in [5.74, 6) is 0.825. The zero-order valence-corrected chi connectivity index (χ0v) is 13.1. The summed E-state index contributed by atoms with van der Waals surface area (Å²) in [6.07, 6.45) is 4.64. The fourth-order valence-corrected chi connectivity index (χ4v) is 3.74. The average Bonchev–Trinajstić information content (AvgIpc) is 2.58. The highest BCUT2D eigenvalue weighted by atomic mass is 16.5. The number of rotatable bonds is 4. The second kappa shape index (κ2) is 6.91. The molecular formula is C18H27NO2. The predicted octanol–water partition coefficient (Wildman–Crippen LogP) is 3.05. The summed E-state index contributed by atoms with van der Waals surface area (Å²) in [4.78, 5) is 2.62. The topological polar surface area (TPSA) is 21.7 Å². The first-order valence-corrected chi connectivity index (χ1v) is 8.23. The van der Waals surface area contributed by atoms with Crippen molar-refractivity contribution in [2.75, 3.05) is 40.0 Å². The third-order valence-corrected chi connectivity index (χ3v) is 5.21. The maximum Gasteiger partial charge on any atom is 0.0951 e. The average molecular weight is 289 g/mol. The molecule has 1 aromatic rings. The highest BCUT2D eigenvalue weighted by molar-refractivity contribution is 5.23. The first kappa shape index (κ1) is 15.0. The molecule has 116 valence electrons. The van der Waals surface area contributed by atoms with Gasteiger partial charge in [-0.2, -0.15) is 0 Å². The number of hydrogen-bond acceptors (Lipinski definition) is 3. The van der Waals surface area contributed by atoms with E-state index < -0.39 is 0 Å². The molecule has 0 radical (unpaired) electrons. The van der Waals surface area contributed by atoms with Gasteiger partial charge in [-0.3, -0.25) is 0 Å². The Hall–Kier alpha value is -0.900. The van der Waals surface area contributed by atoms with Gasteiger partial charge in [-0.25, -0.2) is 0 Å².